The van der Waals surface area contributed by atoms with Gasteiger partial charge in [0.15, 0.2) is 5.60 Å². The fourth-order valence-corrected chi connectivity index (χ4v) is 4.21. The van der Waals surface area contributed by atoms with Crippen LogP contribution in [0.4, 0.5) is 0 Å². The van der Waals surface area contributed by atoms with Crippen LogP contribution in [-0.2, 0) is 16.0 Å². The van der Waals surface area contributed by atoms with Gasteiger partial charge in [-0.05, 0) is 78.9 Å². The monoisotopic (exact) mass is 504 g/mol. The third-order valence-electron chi connectivity index (χ3n) is 6.49. The predicted octanol–water partition coefficient (Wildman–Crippen LogP) is 6.67. The second kappa shape index (κ2) is 13.0. The fourth-order valence-electron chi connectivity index (χ4n) is 4.21. The molecule has 196 valence electrons. The Bertz CT molecular complexity index is 1200. The number of allylic oxidation sites excluding steroid dienone is 1. The number of carboxylic acid groups (broad SMARTS) is 1. The minimum Gasteiger partial charge on any atom is -0.497 e. The van der Waals surface area contributed by atoms with Crippen LogP contribution in [0, 0.1) is 0 Å². The van der Waals surface area contributed by atoms with E-state index in [9.17, 15) is 9.90 Å². The molecule has 3 rings (SSSR count). The van der Waals surface area contributed by atoms with Crippen LogP contribution >= 0.6 is 0 Å². The van der Waals surface area contributed by atoms with Crippen LogP contribution in [-0.4, -0.2) is 44.1 Å². The smallest absolute Gasteiger partial charge is 0.336 e. The van der Waals surface area contributed by atoms with Crippen molar-refractivity contribution in [2.75, 3.05) is 27.4 Å². The zero-order valence-electron chi connectivity index (χ0n) is 22.2. The first-order valence-electron chi connectivity index (χ1n) is 12.4. The molecule has 37 heavy (non-hydrogen) atoms. The number of hydrogen-bond acceptors (Lipinski definition) is 5. The van der Waals surface area contributed by atoms with Gasteiger partial charge in [0.05, 0.1) is 14.2 Å². The molecule has 0 fully saturated rings. The molecule has 3 aromatic carbocycles. The normalized spacial score (nSPS) is 13.1. The minimum absolute atomic E-state index is 0.309. The van der Waals surface area contributed by atoms with E-state index >= 15 is 0 Å². The first kappa shape index (κ1) is 27.8. The quantitative estimate of drug-likeness (QED) is 0.280. The molecule has 0 saturated carbocycles. The van der Waals surface area contributed by atoms with Gasteiger partial charge in [-0.3, -0.25) is 0 Å². The summed E-state index contributed by atoms with van der Waals surface area (Å²) in [7, 11) is 3.31. The largest absolute Gasteiger partial charge is 0.497 e. The Balaban J connectivity index is 1.63. The molecule has 0 heterocycles. The van der Waals surface area contributed by atoms with Gasteiger partial charge < -0.3 is 24.1 Å². The third kappa shape index (κ3) is 6.92. The van der Waals surface area contributed by atoms with Crippen LogP contribution in [0.3, 0.4) is 0 Å². The van der Waals surface area contributed by atoms with Crippen molar-refractivity contribution in [2.24, 2.45) is 0 Å². The lowest BCUT2D eigenvalue weighted by Crippen LogP contribution is -2.43. The summed E-state index contributed by atoms with van der Waals surface area (Å²) in [5, 5.41) is 9.68. The van der Waals surface area contributed by atoms with Crippen molar-refractivity contribution < 1.29 is 28.8 Å². The Hall–Kier alpha value is -3.77. The number of hydrogen-bond donors (Lipinski definition) is 1. The van der Waals surface area contributed by atoms with Crippen LogP contribution in [0.1, 0.15) is 38.3 Å². The molecule has 6 nitrogen and oxygen atoms in total. The molecule has 0 aliphatic rings. The molecule has 0 amide bonds. The Morgan fingerprint density at radius 2 is 1.59 bits per heavy atom. The Labute approximate surface area is 219 Å². The maximum atomic E-state index is 11.8. The molecule has 0 aromatic heterocycles. The van der Waals surface area contributed by atoms with Gasteiger partial charge in [0.25, 0.3) is 0 Å². The summed E-state index contributed by atoms with van der Waals surface area (Å²) in [6.45, 7) is 6.47. The number of aliphatic carboxylic acids is 1. The summed E-state index contributed by atoms with van der Waals surface area (Å²) in [6, 6.07) is 21.6. The van der Waals surface area contributed by atoms with Gasteiger partial charge in [-0.2, -0.15) is 0 Å². The van der Waals surface area contributed by atoms with E-state index in [1.54, 1.807) is 14.2 Å². The SMILES string of the molecule is CCO[C@@](CC)(Cc1ccc(OC/C=C(\C)c2ccc(-c3cc(OC)ccc3OC)cc2)cc1)C(=O)O. The van der Waals surface area contributed by atoms with Gasteiger partial charge >= 0.3 is 5.97 Å². The Kier molecular flexibility index (Phi) is 9.75. The number of benzene rings is 3. The summed E-state index contributed by atoms with van der Waals surface area (Å²) in [4.78, 5) is 11.8. The molecule has 0 aliphatic heterocycles. The number of carboxylic acids is 1. The molecule has 0 spiro atoms. The van der Waals surface area contributed by atoms with Crippen molar-refractivity contribution in [1.29, 1.82) is 0 Å². The maximum Gasteiger partial charge on any atom is 0.336 e. The minimum atomic E-state index is -1.20. The van der Waals surface area contributed by atoms with E-state index in [0.29, 0.717) is 26.1 Å². The first-order chi connectivity index (χ1) is 17.9. The molecular weight excluding hydrogens is 468 g/mol. The highest BCUT2D eigenvalue weighted by atomic mass is 16.5. The highest BCUT2D eigenvalue weighted by Crippen LogP contribution is 2.34. The van der Waals surface area contributed by atoms with Gasteiger partial charge in [0.1, 0.15) is 23.9 Å². The van der Waals surface area contributed by atoms with Gasteiger partial charge in [-0.15, -0.1) is 0 Å². The highest BCUT2D eigenvalue weighted by molar-refractivity contribution is 5.78. The van der Waals surface area contributed by atoms with E-state index < -0.39 is 11.6 Å². The predicted molar refractivity (Wildman–Crippen MR) is 147 cm³/mol. The lowest BCUT2D eigenvalue weighted by Gasteiger charge is -2.28. The summed E-state index contributed by atoms with van der Waals surface area (Å²) >= 11 is 0. The second-order valence-electron chi connectivity index (χ2n) is 8.75. The van der Waals surface area contributed by atoms with Crippen molar-refractivity contribution in [1.82, 2.24) is 0 Å². The van der Waals surface area contributed by atoms with E-state index in [1.807, 2.05) is 62.4 Å². The van der Waals surface area contributed by atoms with Crippen LogP contribution in [0.5, 0.6) is 17.2 Å². The van der Waals surface area contributed by atoms with Gasteiger partial charge in [-0.25, -0.2) is 4.79 Å². The van der Waals surface area contributed by atoms with Gasteiger partial charge in [0.2, 0.25) is 0 Å². The molecule has 1 atom stereocenters. The lowest BCUT2D eigenvalue weighted by molar-refractivity contribution is -0.166. The van der Waals surface area contributed by atoms with Crippen molar-refractivity contribution in [3.63, 3.8) is 0 Å². The summed E-state index contributed by atoms with van der Waals surface area (Å²) in [5.74, 6) is 1.36. The average Bonchev–Trinajstić information content (AvgIpc) is 2.93. The number of carbonyl (C=O) groups is 1. The molecule has 1 N–H and O–H groups in total. The zero-order chi connectivity index (χ0) is 26.8. The first-order valence-corrected chi connectivity index (χ1v) is 12.4. The van der Waals surface area contributed by atoms with Crippen molar-refractivity contribution in [3.8, 4) is 28.4 Å². The summed E-state index contributed by atoms with van der Waals surface area (Å²) in [6.07, 6.45) is 2.74. The molecule has 3 aromatic rings. The standard InChI is InChI=1S/C31H36O6/c1-6-31(30(32)33,37-7-2)21-23-8-14-26(15-9-23)36-19-18-22(3)24-10-12-25(13-11-24)28-20-27(34-4)16-17-29(28)35-5/h8-18,20H,6-7,19,21H2,1-5H3,(H,32,33)/b22-18+/t31-/m0/s1. The van der Waals surface area contributed by atoms with Crippen molar-refractivity contribution in [3.05, 3.63) is 83.9 Å². The number of rotatable bonds is 13. The van der Waals surface area contributed by atoms with Crippen LogP contribution < -0.4 is 14.2 Å². The van der Waals surface area contributed by atoms with Crippen LogP contribution in [0.15, 0.2) is 72.8 Å². The average molecular weight is 505 g/mol. The molecular formula is C31H36O6. The zero-order valence-corrected chi connectivity index (χ0v) is 22.2. The lowest BCUT2D eigenvalue weighted by atomic mass is 9.91. The van der Waals surface area contributed by atoms with E-state index in [2.05, 4.69) is 31.2 Å². The van der Waals surface area contributed by atoms with Crippen LogP contribution in [0.25, 0.3) is 16.7 Å². The Morgan fingerprint density at radius 1 is 0.919 bits per heavy atom. The van der Waals surface area contributed by atoms with E-state index in [-0.39, 0.29) is 0 Å². The molecule has 0 saturated heterocycles. The molecule has 6 heteroatoms. The van der Waals surface area contributed by atoms with E-state index in [0.717, 1.165) is 45.1 Å². The van der Waals surface area contributed by atoms with Gasteiger partial charge in [0, 0.05) is 18.6 Å². The number of methoxy groups -OCH3 is 2. The third-order valence-corrected chi connectivity index (χ3v) is 6.49. The maximum absolute atomic E-state index is 11.8. The molecule has 0 unspecified atom stereocenters. The van der Waals surface area contributed by atoms with Crippen molar-refractivity contribution in [2.45, 2.75) is 39.2 Å². The summed E-state index contributed by atoms with van der Waals surface area (Å²) < 4.78 is 22.4. The van der Waals surface area contributed by atoms with Crippen LogP contribution in [0.2, 0.25) is 0 Å². The number of ether oxygens (including phenoxy) is 4. The Morgan fingerprint density at radius 3 is 2.16 bits per heavy atom. The van der Waals surface area contributed by atoms with E-state index in [1.165, 1.54) is 0 Å². The summed E-state index contributed by atoms with van der Waals surface area (Å²) in [5.41, 5.74) is 3.91. The topological polar surface area (TPSA) is 74.2 Å². The van der Waals surface area contributed by atoms with Gasteiger partial charge in [-0.1, -0.05) is 43.3 Å². The fraction of sp³-hybridized carbons (Fsp3) is 0.323. The highest BCUT2D eigenvalue weighted by Gasteiger charge is 2.37. The second-order valence-corrected chi connectivity index (χ2v) is 8.75. The molecule has 0 bridgehead atoms. The molecule has 0 aliphatic carbocycles. The van der Waals surface area contributed by atoms with E-state index in [4.69, 9.17) is 18.9 Å². The molecule has 0 radical (unpaired) electrons. The van der Waals surface area contributed by atoms with Crippen molar-refractivity contribution >= 4 is 11.5 Å².